The molecular weight excluding hydrogens is 268 g/mol. The highest BCUT2D eigenvalue weighted by molar-refractivity contribution is 5.80. The number of rotatable bonds is 5. The van der Waals surface area contributed by atoms with Crippen molar-refractivity contribution in [3.05, 3.63) is 59.2 Å². The number of carboxylic acids is 1. The average molecular weight is 282 g/mol. The number of aliphatic carboxylic acids is 1. The van der Waals surface area contributed by atoms with Gasteiger partial charge in [-0.05, 0) is 27.8 Å². The molecule has 1 N–H and O–H groups in total. The zero-order valence-corrected chi connectivity index (χ0v) is 11.3. The fourth-order valence-electron chi connectivity index (χ4n) is 2.96. The van der Waals surface area contributed by atoms with Gasteiger partial charge in [-0.25, -0.2) is 0 Å². The van der Waals surface area contributed by atoms with Crippen LogP contribution >= 0.6 is 0 Å². The van der Waals surface area contributed by atoms with Crippen molar-refractivity contribution in [3.63, 3.8) is 0 Å². The summed E-state index contributed by atoms with van der Waals surface area (Å²) in [7, 11) is 0. The van der Waals surface area contributed by atoms with Gasteiger partial charge in [-0.2, -0.15) is 0 Å². The predicted octanol–water partition coefficient (Wildman–Crippen LogP) is 2.60. The van der Waals surface area contributed by atoms with Crippen LogP contribution in [0.1, 0.15) is 22.6 Å². The molecule has 0 bridgehead atoms. The maximum absolute atomic E-state index is 10.9. The second-order valence-electron chi connectivity index (χ2n) is 5.06. The minimum atomic E-state index is -0.855. The molecular formula is C17H14O4. The van der Waals surface area contributed by atoms with E-state index in [1.54, 1.807) is 0 Å². The van der Waals surface area contributed by atoms with E-state index in [0.717, 1.165) is 27.8 Å². The summed E-state index contributed by atoms with van der Waals surface area (Å²) in [5, 5.41) is 8.93. The van der Waals surface area contributed by atoms with Crippen molar-refractivity contribution < 1.29 is 19.4 Å². The van der Waals surface area contributed by atoms with Crippen LogP contribution in [0.15, 0.2) is 42.5 Å². The second kappa shape index (κ2) is 5.40. The normalized spacial score (nSPS) is 15.1. The van der Waals surface area contributed by atoms with Crippen molar-refractivity contribution in [2.75, 3.05) is 6.61 Å². The first kappa shape index (κ1) is 13.4. The summed E-state index contributed by atoms with van der Waals surface area (Å²) < 4.78 is 4.96. The number of carbonyl (C=O) groups is 2. The summed E-state index contributed by atoms with van der Waals surface area (Å²) in [6, 6.07) is 13.7. The van der Waals surface area contributed by atoms with Gasteiger partial charge in [0.25, 0.3) is 6.47 Å². The first-order chi connectivity index (χ1) is 10.2. The van der Waals surface area contributed by atoms with E-state index in [9.17, 15) is 9.59 Å². The van der Waals surface area contributed by atoms with E-state index in [4.69, 9.17) is 9.84 Å². The molecule has 1 aliphatic carbocycles. The van der Waals surface area contributed by atoms with E-state index >= 15 is 0 Å². The highest BCUT2D eigenvalue weighted by atomic mass is 16.5. The van der Waals surface area contributed by atoms with Gasteiger partial charge in [0.1, 0.15) is 6.61 Å². The third-order valence-corrected chi connectivity index (χ3v) is 3.80. The second-order valence-corrected chi connectivity index (χ2v) is 5.06. The standard InChI is InChI=1S/C17H14O4/c18-10-21-9-16-13-4-2-1-3-12(13)14-6-5-11(7-15(14)16)8-17(19)20/h1-7,10,16H,8-9H2,(H,19,20). The zero-order valence-electron chi connectivity index (χ0n) is 11.3. The Morgan fingerprint density at radius 3 is 2.67 bits per heavy atom. The van der Waals surface area contributed by atoms with Crippen molar-refractivity contribution in [2.45, 2.75) is 12.3 Å². The van der Waals surface area contributed by atoms with Crippen LogP contribution in [0, 0.1) is 0 Å². The lowest BCUT2D eigenvalue weighted by molar-refractivity contribution is -0.136. The number of carbonyl (C=O) groups excluding carboxylic acids is 1. The number of benzene rings is 2. The summed E-state index contributed by atoms with van der Waals surface area (Å²) in [5.74, 6) is -0.888. The summed E-state index contributed by atoms with van der Waals surface area (Å²) >= 11 is 0. The predicted molar refractivity (Wildman–Crippen MR) is 77.1 cm³/mol. The van der Waals surface area contributed by atoms with Gasteiger partial charge in [0.2, 0.25) is 0 Å². The largest absolute Gasteiger partial charge is 0.481 e. The Morgan fingerprint density at radius 2 is 1.90 bits per heavy atom. The van der Waals surface area contributed by atoms with Crippen molar-refractivity contribution in [1.29, 1.82) is 0 Å². The van der Waals surface area contributed by atoms with E-state index < -0.39 is 5.97 Å². The van der Waals surface area contributed by atoms with Gasteiger partial charge in [-0.15, -0.1) is 0 Å². The Labute approximate surface area is 122 Å². The Balaban J connectivity index is 2.06. The molecule has 1 aliphatic rings. The SMILES string of the molecule is O=COCC1c2ccccc2-c2ccc(CC(=O)O)cc21. The van der Waals surface area contributed by atoms with Crippen LogP contribution in [0.5, 0.6) is 0 Å². The van der Waals surface area contributed by atoms with E-state index in [-0.39, 0.29) is 18.9 Å². The summed E-state index contributed by atoms with van der Waals surface area (Å²) in [4.78, 5) is 21.4. The maximum Gasteiger partial charge on any atom is 0.307 e. The highest BCUT2D eigenvalue weighted by Crippen LogP contribution is 2.45. The monoisotopic (exact) mass is 282 g/mol. The van der Waals surface area contributed by atoms with E-state index in [0.29, 0.717) is 6.47 Å². The minimum Gasteiger partial charge on any atom is -0.481 e. The van der Waals surface area contributed by atoms with E-state index in [1.165, 1.54) is 0 Å². The van der Waals surface area contributed by atoms with E-state index in [1.807, 2.05) is 42.5 Å². The smallest absolute Gasteiger partial charge is 0.307 e. The molecule has 1 unspecified atom stereocenters. The van der Waals surface area contributed by atoms with Crippen molar-refractivity contribution >= 4 is 12.4 Å². The molecule has 4 heteroatoms. The molecule has 0 aliphatic heterocycles. The molecule has 1 atom stereocenters. The fraction of sp³-hybridized carbons (Fsp3) is 0.176. The number of carboxylic acid groups (broad SMARTS) is 1. The lowest BCUT2D eigenvalue weighted by Gasteiger charge is -2.12. The summed E-state index contributed by atoms with van der Waals surface area (Å²) in [6.07, 6.45) is -0.00904. The molecule has 106 valence electrons. The van der Waals surface area contributed by atoms with Crippen LogP contribution in [0.2, 0.25) is 0 Å². The topological polar surface area (TPSA) is 63.6 Å². The third-order valence-electron chi connectivity index (χ3n) is 3.80. The number of ether oxygens (including phenoxy) is 1. The van der Waals surface area contributed by atoms with Gasteiger partial charge in [-0.3, -0.25) is 9.59 Å². The molecule has 3 rings (SSSR count). The van der Waals surface area contributed by atoms with Crippen molar-refractivity contribution in [2.24, 2.45) is 0 Å². The van der Waals surface area contributed by atoms with E-state index in [2.05, 4.69) is 0 Å². The zero-order chi connectivity index (χ0) is 14.8. The molecule has 2 aromatic carbocycles. The molecule has 0 saturated carbocycles. The van der Waals surface area contributed by atoms with Gasteiger partial charge in [0, 0.05) is 5.92 Å². The van der Waals surface area contributed by atoms with Crippen LogP contribution in [-0.2, 0) is 20.7 Å². The molecule has 4 nitrogen and oxygen atoms in total. The quantitative estimate of drug-likeness (QED) is 0.856. The van der Waals surface area contributed by atoms with Gasteiger partial charge in [0.15, 0.2) is 0 Å². The molecule has 0 saturated heterocycles. The van der Waals surface area contributed by atoms with Crippen LogP contribution < -0.4 is 0 Å². The first-order valence-electron chi connectivity index (χ1n) is 6.70. The molecule has 0 fully saturated rings. The minimum absolute atomic E-state index is 0.00904. The molecule has 2 aromatic rings. The van der Waals surface area contributed by atoms with Crippen LogP contribution in [-0.4, -0.2) is 24.2 Å². The Hall–Kier alpha value is -2.62. The lowest BCUT2D eigenvalue weighted by atomic mass is 9.96. The summed E-state index contributed by atoms with van der Waals surface area (Å²) in [5.41, 5.74) is 5.09. The molecule has 0 heterocycles. The Morgan fingerprint density at radius 1 is 1.14 bits per heavy atom. The first-order valence-corrected chi connectivity index (χ1v) is 6.70. The van der Waals surface area contributed by atoms with Crippen molar-refractivity contribution in [1.82, 2.24) is 0 Å². The average Bonchev–Trinajstić information content (AvgIpc) is 2.78. The lowest BCUT2D eigenvalue weighted by Crippen LogP contribution is -2.07. The highest BCUT2D eigenvalue weighted by Gasteiger charge is 2.29. The van der Waals surface area contributed by atoms with Crippen molar-refractivity contribution in [3.8, 4) is 11.1 Å². The van der Waals surface area contributed by atoms with Gasteiger partial charge in [0.05, 0.1) is 6.42 Å². The van der Waals surface area contributed by atoms with Crippen LogP contribution in [0.3, 0.4) is 0 Å². The molecule has 0 radical (unpaired) electrons. The Bertz CT molecular complexity index is 706. The molecule has 0 aromatic heterocycles. The van der Waals surface area contributed by atoms with Gasteiger partial charge in [-0.1, -0.05) is 42.5 Å². The molecule has 21 heavy (non-hydrogen) atoms. The van der Waals surface area contributed by atoms with Crippen LogP contribution in [0.4, 0.5) is 0 Å². The third kappa shape index (κ3) is 2.40. The number of hydrogen-bond acceptors (Lipinski definition) is 3. The van der Waals surface area contributed by atoms with Gasteiger partial charge >= 0.3 is 5.97 Å². The maximum atomic E-state index is 10.9. The number of fused-ring (bicyclic) bond motifs is 3. The summed E-state index contributed by atoms with van der Waals surface area (Å²) in [6.45, 7) is 0.714. The fourth-order valence-corrected chi connectivity index (χ4v) is 2.96. The van der Waals surface area contributed by atoms with Crippen LogP contribution in [0.25, 0.3) is 11.1 Å². The van der Waals surface area contributed by atoms with Gasteiger partial charge < -0.3 is 9.84 Å². The molecule has 0 amide bonds. The molecule has 0 spiro atoms. The Kier molecular flexibility index (Phi) is 3.44. The number of hydrogen-bond donors (Lipinski definition) is 1.